The number of aliphatic imine (C=N–C) groups is 1. The van der Waals surface area contributed by atoms with Crippen molar-refractivity contribution in [3.05, 3.63) is 76.8 Å². The number of carboxylic acids is 2. The van der Waals surface area contributed by atoms with E-state index < -0.39 is 34.7 Å². The molecule has 0 spiro atoms. The van der Waals surface area contributed by atoms with E-state index in [1.165, 1.54) is 0 Å². The molecule has 0 aliphatic carbocycles. The maximum absolute atomic E-state index is 13.1. The van der Waals surface area contributed by atoms with Gasteiger partial charge in [-0.15, -0.1) is 0 Å². The molecule has 0 aromatic heterocycles. The number of hydrogen-bond acceptors (Lipinski definition) is 5. The monoisotopic (exact) mass is 491 g/mol. The summed E-state index contributed by atoms with van der Waals surface area (Å²) in [4.78, 5) is 30.6. The summed E-state index contributed by atoms with van der Waals surface area (Å²) < 4.78 is 0. The van der Waals surface area contributed by atoms with Crippen molar-refractivity contribution in [1.29, 1.82) is 10.7 Å². The van der Waals surface area contributed by atoms with Gasteiger partial charge >= 0.3 is 11.9 Å². The maximum atomic E-state index is 13.1. The van der Waals surface area contributed by atoms with Crippen LogP contribution in [-0.2, 0) is 9.59 Å². The van der Waals surface area contributed by atoms with Gasteiger partial charge in [0.1, 0.15) is 5.41 Å². The minimum atomic E-state index is -1.88. The molecule has 3 rings (SSSR count). The first-order valence-corrected chi connectivity index (χ1v) is 11.5. The molecule has 35 heavy (non-hydrogen) atoms. The molecule has 2 aromatic rings. The highest BCUT2D eigenvalue weighted by Gasteiger charge is 2.65. The van der Waals surface area contributed by atoms with E-state index in [1.807, 2.05) is 36.4 Å². The van der Waals surface area contributed by atoms with Crippen molar-refractivity contribution in [2.75, 3.05) is 0 Å². The van der Waals surface area contributed by atoms with Crippen LogP contribution in [0.4, 0.5) is 0 Å². The van der Waals surface area contributed by atoms with Gasteiger partial charge < -0.3 is 15.6 Å². The molecule has 1 aliphatic heterocycles. The van der Waals surface area contributed by atoms with E-state index in [9.17, 15) is 25.1 Å². The zero-order valence-electron chi connectivity index (χ0n) is 19.2. The van der Waals surface area contributed by atoms with Crippen molar-refractivity contribution in [2.45, 2.75) is 38.1 Å². The Morgan fingerprint density at radius 3 is 2.46 bits per heavy atom. The van der Waals surface area contributed by atoms with Crippen molar-refractivity contribution < 1.29 is 19.8 Å². The number of hydrogen-bond donors (Lipinski definition) is 3. The molecule has 8 heteroatoms. The Kier molecular flexibility index (Phi) is 7.88. The molecule has 4 unspecified atom stereocenters. The number of nitriles is 1. The topological polar surface area (TPSA) is 135 Å². The third kappa shape index (κ3) is 4.62. The normalized spacial score (nSPS) is 26.0. The van der Waals surface area contributed by atoms with Gasteiger partial charge in [-0.05, 0) is 43.0 Å². The molecule has 0 fully saturated rings. The van der Waals surface area contributed by atoms with Gasteiger partial charge in [-0.3, -0.25) is 14.6 Å². The molecule has 0 radical (unpaired) electrons. The van der Waals surface area contributed by atoms with Gasteiger partial charge in [-0.1, -0.05) is 66.2 Å². The molecule has 1 heterocycles. The van der Waals surface area contributed by atoms with Crippen LogP contribution in [0.3, 0.4) is 0 Å². The number of benzene rings is 2. The van der Waals surface area contributed by atoms with Gasteiger partial charge in [0, 0.05) is 23.6 Å². The first-order valence-electron chi connectivity index (χ1n) is 11.1. The van der Waals surface area contributed by atoms with Gasteiger partial charge in [0.05, 0.1) is 23.2 Å². The number of carboxylic acid groups (broad SMARTS) is 2. The summed E-state index contributed by atoms with van der Waals surface area (Å²) in [5.74, 6) is -3.69. The lowest BCUT2D eigenvalue weighted by Crippen LogP contribution is -2.60. The third-order valence-electron chi connectivity index (χ3n) is 6.84. The Hall–Kier alpha value is -3.76. The number of rotatable bonds is 9. The molecule has 0 saturated carbocycles. The zero-order chi connectivity index (χ0) is 25.6. The van der Waals surface area contributed by atoms with E-state index in [2.05, 4.69) is 4.99 Å². The average Bonchev–Trinajstić information content (AvgIpc) is 2.83. The van der Waals surface area contributed by atoms with Crippen LogP contribution in [-0.4, -0.2) is 40.1 Å². The predicted octanol–water partition coefficient (Wildman–Crippen LogP) is 5.47. The second-order valence-electron chi connectivity index (χ2n) is 8.62. The maximum Gasteiger partial charge on any atom is 0.316 e. The SMILES string of the molecule is CC1N=C(C=N)C(CC=Cc2ccccc2)(C(=O)O)C(c2cccc(Cl)c2)C1(CCC#N)C(=O)O. The largest absolute Gasteiger partial charge is 0.481 e. The summed E-state index contributed by atoms with van der Waals surface area (Å²) in [6.45, 7) is 1.60. The average molecular weight is 492 g/mol. The van der Waals surface area contributed by atoms with Crippen LogP contribution >= 0.6 is 11.6 Å². The van der Waals surface area contributed by atoms with Gasteiger partial charge in [-0.25, -0.2) is 0 Å². The molecule has 180 valence electrons. The molecule has 0 amide bonds. The fourth-order valence-electron chi connectivity index (χ4n) is 5.21. The first-order chi connectivity index (χ1) is 16.7. The molecule has 0 bridgehead atoms. The van der Waals surface area contributed by atoms with E-state index in [0.717, 1.165) is 11.8 Å². The highest BCUT2D eigenvalue weighted by molar-refractivity contribution is 6.37. The highest BCUT2D eigenvalue weighted by Crippen LogP contribution is 2.58. The molecule has 4 atom stereocenters. The number of halogens is 1. The van der Waals surface area contributed by atoms with E-state index >= 15 is 0 Å². The fraction of sp³-hybridized carbons (Fsp3) is 0.296. The number of allylic oxidation sites excluding steroid dienone is 1. The van der Waals surface area contributed by atoms with Crippen LogP contribution in [0, 0.1) is 27.6 Å². The van der Waals surface area contributed by atoms with Crippen LogP contribution < -0.4 is 0 Å². The molecule has 3 N–H and O–H groups in total. The second kappa shape index (κ2) is 10.7. The summed E-state index contributed by atoms with van der Waals surface area (Å²) in [5.41, 5.74) is -2.36. The van der Waals surface area contributed by atoms with Crippen LogP contribution in [0.1, 0.15) is 43.2 Å². The molecule has 7 nitrogen and oxygen atoms in total. The molecule has 1 aliphatic rings. The Bertz CT molecular complexity index is 1220. The summed E-state index contributed by atoms with van der Waals surface area (Å²) in [7, 11) is 0. The Morgan fingerprint density at radius 1 is 1.17 bits per heavy atom. The summed E-state index contributed by atoms with van der Waals surface area (Å²) in [5, 5.41) is 39.0. The number of nitrogens with one attached hydrogen (secondary N) is 1. The van der Waals surface area contributed by atoms with Gasteiger partial charge in [0.15, 0.2) is 0 Å². The van der Waals surface area contributed by atoms with Crippen molar-refractivity contribution in [3.63, 3.8) is 0 Å². The van der Waals surface area contributed by atoms with Gasteiger partial charge in [0.25, 0.3) is 0 Å². The zero-order valence-corrected chi connectivity index (χ0v) is 19.9. The second-order valence-corrected chi connectivity index (χ2v) is 9.06. The molecular weight excluding hydrogens is 466 g/mol. The molecule has 0 saturated heterocycles. The quantitative estimate of drug-likeness (QED) is 0.400. The minimum absolute atomic E-state index is 0.0194. The summed E-state index contributed by atoms with van der Waals surface area (Å²) in [6.07, 6.45) is 4.01. The third-order valence-corrected chi connectivity index (χ3v) is 7.08. The smallest absolute Gasteiger partial charge is 0.316 e. The Morgan fingerprint density at radius 2 is 1.89 bits per heavy atom. The van der Waals surface area contributed by atoms with Crippen LogP contribution in [0.5, 0.6) is 0 Å². The standard InChI is InChI=1S/C27H26ClN3O4/c1-18-26(24(32)33,14-7-15-29)23(20-11-5-12-21(28)16-20)27(25(34)35,22(17-30)31-18)13-6-10-19-8-3-2-4-9-19/h2-6,8-12,16-18,23,30H,7,13-14H2,1H3,(H,32,33)(H,34,35). The van der Waals surface area contributed by atoms with E-state index in [1.54, 1.807) is 43.3 Å². The highest BCUT2D eigenvalue weighted by atomic mass is 35.5. The van der Waals surface area contributed by atoms with Crippen molar-refractivity contribution >= 4 is 41.5 Å². The van der Waals surface area contributed by atoms with Crippen LogP contribution in [0.2, 0.25) is 5.02 Å². The van der Waals surface area contributed by atoms with Crippen molar-refractivity contribution in [2.24, 2.45) is 15.8 Å². The van der Waals surface area contributed by atoms with Gasteiger partial charge in [-0.2, -0.15) is 5.26 Å². The lowest BCUT2D eigenvalue weighted by molar-refractivity contribution is -0.160. The summed E-state index contributed by atoms with van der Waals surface area (Å²) in [6, 6.07) is 16.9. The van der Waals surface area contributed by atoms with Crippen LogP contribution in [0.25, 0.3) is 6.08 Å². The molecule has 2 aromatic carbocycles. The van der Waals surface area contributed by atoms with Crippen molar-refractivity contribution in [3.8, 4) is 6.07 Å². The fourth-order valence-corrected chi connectivity index (χ4v) is 5.41. The van der Waals surface area contributed by atoms with E-state index in [4.69, 9.17) is 17.0 Å². The lowest BCUT2D eigenvalue weighted by atomic mass is 9.51. The Balaban J connectivity index is 2.35. The number of nitrogens with zero attached hydrogens (tertiary/aromatic N) is 2. The number of aliphatic carboxylic acids is 2. The first kappa shape index (κ1) is 25.9. The summed E-state index contributed by atoms with van der Waals surface area (Å²) >= 11 is 6.27. The van der Waals surface area contributed by atoms with Crippen molar-refractivity contribution in [1.82, 2.24) is 0 Å². The lowest BCUT2D eigenvalue weighted by Gasteiger charge is -2.52. The number of carbonyl (C=O) groups is 2. The van der Waals surface area contributed by atoms with E-state index in [0.29, 0.717) is 10.6 Å². The van der Waals surface area contributed by atoms with Crippen LogP contribution in [0.15, 0.2) is 65.7 Å². The Labute approximate surface area is 208 Å². The minimum Gasteiger partial charge on any atom is -0.481 e. The predicted molar refractivity (Wildman–Crippen MR) is 135 cm³/mol. The van der Waals surface area contributed by atoms with E-state index in [-0.39, 0.29) is 25.0 Å². The molecular formula is C27H26ClN3O4. The van der Waals surface area contributed by atoms with Gasteiger partial charge in [0.2, 0.25) is 0 Å².